The van der Waals surface area contributed by atoms with Gasteiger partial charge in [0, 0.05) is 11.8 Å². The first-order valence-corrected chi connectivity index (χ1v) is 10.7. The van der Waals surface area contributed by atoms with Crippen molar-refractivity contribution in [3.8, 4) is 17.2 Å². The van der Waals surface area contributed by atoms with E-state index in [1.165, 1.54) is 0 Å². The fourth-order valence-corrected chi connectivity index (χ4v) is 3.91. The summed E-state index contributed by atoms with van der Waals surface area (Å²) in [4.78, 5) is 14.8. The predicted octanol–water partition coefficient (Wildman–Crippen LogP) is 4.25. The van der Waals surface area contributed by atoms with Crippen LogP contribution in [-0.4, -0.2) is 44.6 Å². The molecule has 172 valence electrons. The summed E-state index contributed by atoms with van der Waals surface area (Å²) in [6.45, 7) is 4.28. The first kappa shape index (κ1) is 21.4. The molecular weight excluding hydrogens is 432 g/mol. The molecule has 3 aromatic heterocycles. The summed E-state index contributed by atoms with van der Waals surface area (Å²) < 4.78 is 14.3. The molecule has 0 fully saturated rings. The molecule has 0 aliphatic heterocycles. The Kier molecular flexibility index (Phi) is 5.59. The molecule has 0 radical (unpaired) electrons. The Hall–Kier alpha value is -4.40. The number of methoxy groups -OCH3 is 2. The van der Waals surface area contributed by atoms with Crippen molar-refractivity contribution in [2.75, 3.05) is 14.2 Å². The zero-order valence-electron chi connectivity index (χ0n) is 19.4. The second kappa shape index (κ2) is 8.86. The fourth-order valence-electron chi connectivity index (χ4n) is 3.91. The number of nitrogens with zero attached hydrogens (tertiary/aromatic N) is 6. The average molecular weight is 457 g/mol. The van der Waals surface area contributed by atoms with E-state index in [1.54, 1.807) is 31.3 Å². The Morgan fingerprint density at radius 3 is 2.53 bits per heavy atom. The maximum atomic E-state index is 5.44. The van der Waals surface area contributed by atoms with Crippen molar-refractivity contribution >= 4 is 22.9 Å². The van der Waals surface area contributed by atoms with Crippen LogP contribution in [0.5, 0.6) is 11.5 Å². The van der Waals surface area contributed by atoms with E-state index < -0.39 is 0 Å². The zero-order chi connectivity index (χ0) is 23.7. The van der Waals surface area contributed by atoms with Gasteiger partial charge in [0.1, 0.15) is 17.8 Å². The van der Waals surface area contributed by atoms with Crippen LogP contribution in [0.1, 0.15) is 22.6 Å². The maximum absolute atomic E-state index is 5.44. The molecule has 34 heavy (non-hydrogen) atoms. The number of hydrogen-bond donors (Lipinski definition) is 0. The normalized spacial score (nSPS) is 11.5. The molecule has 0 spiro atoms. The number of aryl methyl sites for hydroxylation is 1. The Morgan fingerprint density at radius 2 is 1.76 bits per heavy atom. The van der Waals surface area contributed by atoms with Gasteiger partial charge in [-0.25, -0.2) is 14.5 Å². The third-order valence-corrected chi connectivity index (χ3v) is 5.77. The predicted molar refractivity (Wildman–Crippen MR) is 129 cm³/mol. The van der Waals surface area contributed by atoms with Crippen LogP contribution in [0.4, 0.5) is 0 Å². The summed E-state index contributed by atoms with van der Waals surface area (Å²) in [5.74, 6) is 2.10. The van der Waals surface area contributed by atoms with Gasteiger partial charge in [-0.3, -0.25) is 4.57 Å². The maximum Gasteiger partial charge on any atom is 0.192 e. The van der Waals surface area contributed by atoms with Crippen molar-refractivity contribution in [1.82, 2.24) is 24.1 Å². The highest BCUT2D eigenvalue weighted by Gasteiger charge is 2.19. The Morgan fingerprint density at radius 1 is 0.971 bits per heavy atom. The summed E-state index contributed by atoms with van der Waals surface area (Å²) in [6, 6.07) is 15.4. The van der Waals surface area contributed by atoms with E-state index in [9.17, 15) is 0 Å². The number of aromatic nitrogens is 5. The average Bonchev–Trinajstić information content (AvgIpc) is 3.40. The quantitative estimate of drug-likeness (QED) is 0.269. The largest absolute Gasteiger partial charge is 0.497 e. The summed E-state index contributed by atoms with van der Waals surface area (Å²) >= 11 is 0. The molecule has 0 amide bonds. The molecule has 0 unspecified atom stereocenters. The third kappa shape index (κ3) is 3.81. The summed E-state index contributed by atoms with van der Waals surface area (Å²) in [7, 11) is 3.29. The van der Waals surface area contributed by atoms with Crippen LogP contribution < -0.4 is 9.47 Å². The lowest BCUT2D eigenvalue weighted by Gasteiger charge is -2.09. The van der Waals surface area contributed by atoms with Gasteiger partial charge < -0.3 is 14.3 Å². The molecule has 9 nitrogen and oxygen atoms in total. The molecule has 3 heterocycles. The first-order chi connectivity index (χ1) is 16.6. The topological polar surface area (TPSA) is 88.1 Å². The van der Waals surface area contributed by atoms with Crippen LogP contribution in [0.3, 0.4) is 0 Å². The lowest BCUT2D eigenvalue weighted by Crippen LogP contribution is -1.99. The van der Waals surface area contributed by atoms with Crippen LogP contribution in [0.25, 0.3) is 22.4 Å². The van der Waals surface area contributed by atoms with Crippen LogP contribution in [0.15, 0.2) is 60.0 Å². The Balaban J connectivity index is 1.44. The second-order valence-electron chi connectivity index (χ2n) is 7.77. The van der Waals surface area contributed by atoms with E-state index in [4.69, 9.17) is 19.3 Å². The standard InChI is InChI=1S/C25H24N6O3/c1-16-17(2)31(19-6-5-7-21(12-19)33-4)24-23(16)25-28-22(29-30(25)15-26-24)14-34-27-13-18-8-10-20(32-3)11-9-18/h5-13,15H,14H2,1-4H3. The monoisotopic (exact) mass is 456 g/mol. The molecule has 9 heteroatoms. The molecule has 0 saturated heterocycles. The highest BCUT2D eigenvalue weighted by atomic mass is 16.6. The SMILES string of the molecule is COc1ccc(C=NOCc2nc3c4c(C)c(C)n(-c5cccc(OC)c5)c4ncn3n2)cc1. The fraction of sp³-hybridized carbons (Fsp3) is 0.200. The Labute approximate surface area is 196 Å². The lowest BCUT2D eigenvalue weighted by molar-refractivity contribution is 0.126. The molecule has 0 saturated carbocycles. The summed E-state index contributed by atoms with van der Waals surface area (Å²) in [5.41, 5.74) is 5.59. The highest BCUT2D eigenvalue weighted by molar-refractivity contribution is 5.95. The number of benzene rings is 2. The van der Waals surface area contributed by atoms with Gasteiger partial charge in [-0.1, -0.05) is 11.2 Å². The van der Waals surface area contributed by atoms with Crippen molar-refractivity contribution in [2.24, 2.45) is 5.16 Å². The van der Waals surface area contributed by atoms with Crippen LogP contribution >= 0.6 is 0 Å². The van der Waals surface area contributed by atoms with Gasteiger partial charge in [0.05, 0.1) is 31.5 Å². The van der Waals surface area contributed by atoms with Crippen molar-refractivity contribution in [1.29, 1.82) is 0 Å². The summed E-state index contributed by atoms with van der Waals surface area (Å²) in [6.07, 6.45) is 3.31. The Bertz CT molecular complexity index is 1500. The minimum atomic E-state index is 0.143. The zero-order valence-corrected chi connectivity index (χ0v) is 19.4. The van der Waals surface area contributed by atoms with Crippen LogP contribution in [0.2, 0.25) is 0 Å². The summed E-state index contributed by atoms with van der Waals surface area (Å²) in [5, 5.41) is 9.49. The third-order valence-electron chi connectivity index (χ3n) is 5.77. The molecular formula is C25H24N6O3. The van der Waals surface area contributed by atoms with Gasteiger partial charge in [0.25, 0.3) is 0 Å². The van der Waals surface area contributed by atoms with E-state index in [-0.39, 0.29) is 6.61 Å². The van der Waals surface area contributed by atoms with E-state index in [0.717, 1.165) is 50.7 Å². The number of rotatable bonds is 7. The van der Waals surface area contributed by atoms with Crippen molar-refractivity contribution < 1.29 is 14.3 Å². The number of hydrogen-bond acceptors (Lipinski definition) is 7. The minimum Gasteiger partial charge on any atom is -0.497 e. The van der Waals surface area contributed by atoms with E-state index >= 15 is 0 Å². The number of ether oxygens (including phenoxy) is 2. The van der Waals surface area contributed by atoms with Gasteiger partial charge in [0.2, 0.25) is 0 Å². The van der Waals surface area contributed by atoms with Gasteiger partial charge in [-0.2, -0.15) is 0 Å². The van der Waals surface area contributed by atoms with Gasteiger partial charge >= 0.3 is 0 Å². The molecule has 0 bridgehead atoms. The molecule has 0 aliphatic rings. The van der Waals surface area contributed by atoms with Gasteiger partial charge in [-0.15, -0.1) is 5.10 Å². The van der Waals surface area contributed by atoms with Crippen molar-refractivity contribution in [3.63, 3.8) is 0 Å². The molecule has 5 rings (SSSR count). The van der Waals surface area contributed by atoms with Crippen molar-refractivity contribution in [2.45, 2.75) is 20.5 Å². The second-order valence-corrected chi connectivity index (χ2v) is 7.77. The first-order valence-electron chi connectivity index (χ1n) is 10.7. The minimum absolute atomic E-state index is 0.143. The van der Waals surface area contributed by atoms with E-state index in [0.29, 0.717) is 5.82 Å². The van der Waals surface area contributed by atoms with E-state index in [1.807, 2.05) is 48.5 Å². The van der Waals surface area contributed by atoms with E-state index in [2.05, 4.69) is 33.7 Å². The highest BCUT2D eigenvalue weighted by Crippen LogP contribution is 2.30. The van der Waals surface area contributed by atoms with Gasteiger partial charge in [-0.05, 0) is 61.4 Å². The van der Waals surface area contributed by atoms with Crippen molar-refractivity contribution in [3.05, 3.63) is 77.5 Å². The van der Waals surface area contributed by atoms with Gasteiger partial charge in [0.15, 0.2) is 23.7 Å². The smallest absolute Gasteiger partial charge is 0.192 e. The number of oxime groups is 1. The molecule has 5 aromatic rings. The molecule has 0 aliphatic carbocycles. The number of fused-ring (bicyclic) bond motifs is 3. The molecule has 0 atom stereocenters. The molecule has 0 N–H and O–H groups in total. The molecule has 2 aromatic carbocycles. The van der Waals surface area contributed by atoms with Crippen LogP contribution in [-0.2, 0) is 11.4 Å². The lowest BCUT2D eigenvalue weighted by atomic mass is 10.2. The van der Waals surface area contributed by atoms with Crippen LogP contribution in [0, 0.1) is 13.8 Å².